The van der Waals surface area contributed by atoms with E-state index in [1.165, 1.54) is 18.4 Å². The molecule has 1 saturated heterocycles. The lowest BCUT2D eigenvalue weighted by Crippen LogP contribution is -2.41. The molecule has 5 heteroatoms. The summed E-state index contributed by atoms with van der Waals surface area (Å²) in [5.41, 5.74) is 2.26. The van der Waals surface area contributed by atoms with Crippen LogP contribution in [0.15, 0.2) is 54.6 Å². The number of rotatable bonds is 7. The van der Waals surface area contributed by atoms with E-state index in [1.54, 1.807) is 7.11 Å². The fraction of sp³-hybridized carbons (Fsp3) is 0.381. The maximum Gasteiger partial charge on any atom is 0.315 e. The highest BCUT2D eigenvalue weighted by molar-refractivity contribution is 5.73. The molecule has 0 saturated carbocycles. The molecule has 1 unspecified atom stereocenters. The number of nitrogens with zero attached hydrogens (tertiary/aromatic N) is 1. The van der Waals surface area contributed by atoms with Gasteiger partial charge in [-0.2, -0.15) is 0 Å². The third-order valence-corrected chi connectivity index (χ3v) is 4.81. The number of carbonyl (C=O) groups is 1. The summed E-state index contributed by atoms with van der Waals surface area (Å²) in [4.78, 5) is 14.7. The number of nitrogens with one attached hydrogen (secondary N) is 2. The third kappa shape index (κ3) is 4.99. The van der Waals surface area contributed by atoms with Crippen molar-refractivity contribution in [1.29, 1.82) is 0 Å². The topological polar surface area (TPSA) is 53.6 Å². The smallest absolute Gasteiger partial charge is 0.315 e. The highest BCUT2D eigenvalue weighted by atomic mass is 16.5. The maximum absolute atomic E-state index is 12.2. The average Bonchev–Trinajstić information content (AvgIpc) is 3.22. The first-order valence-corrected chi connectivity index (χ1v) is 9.20. The van der Waals surface area contributed by atoms with E-state index in [0.29, 0.717) is 13.1 Å². The maximum atomic E-state index is 12.2. The van der Waals surface area contributed by atoms with Crippen LogP contribution in [0.2, 0.25) is 0 Å². The molecule has 0 aliphatic carbocycles. The molecule has 3 rings (SSSR count). The number of methoxy groups -OCH3 is 1. The molecule has 1 atom stereocenters. The monoisotopic (exact) mass is 353 g/mol. The Hall–Kier alpha value is -2.53. The second-order valence-corrected chi connectivity index (χ2v) is 6.58. The molecule has 2 aromatic carbocycles. The van der Waals surface area contributed by atoms with Crippen LogP contribution in [0.1, 0.15) is 30.0 Å². The van der Waals surface area contributed by atoms with Crippen molar-refractivity contribution in [2.24, 2.45) is 0 Å². The Morgan fingerprint density at radius 2 is 1.85 bits per heavy atom. The van der Waals surface area contributed by atoms with Gasteiger partial charge in [-0.25, -0.2) is 4.79 Å². The van der Waals surface area contributed by atoms with Gasteiger partial charge in [-0.3, -0.25) is 4.90 Å². The van der Waals surface area contributed by atoms with Gasteiger partial charge in [0.2, 0.25) is 0 Å². The lowest BCUT2D eigenvalue weighted by atomic mass is 10.1. The summed E-state index contributed by atoms with van der Waals surface area (Å²) >= 11 is 0. The number of hydrogen-bond donors (Lipinski definition) is 2. The molecule has 0 bridgehead atoms. The Kier molecular flexibility index (Phi) is 6.50. The number of urea groups is 1. The van der Waals surface area contributed by atoms with Crippen LogP contribution in [0.5, 0.6) is 5.75 Å². The molecule has 1 fully saturated rings. The quantitative estimate of drug-likeness (QED) is 0.803. The summed E-state index contributed by atoms with van der Waals surface area (Å²) < 4.78 is 5.36. The minimum absolute atomic E-state index is 0.138. The number of carbonyl (C=O) groups excluding carboxylic acids is 1. The van der Waals surface area contributed by atoms with Crippen LogP contribution >= 0.6 is 0 Å². The lowest BCUT2D eigenvalue weighted by Gasteiger charge is -2.28. The molecular formula is C21H27N3O2. The summed E-state index contributed by atoms with van der Waals surface area (Å²) in [6, 6.07) is 18.1. The van der Waals surface area contributed by atoms with E-state index in [1.807, 2.05) is 42.5 Å². The number of amides is 2. The Morgan fingerprint density at radius 3 is 2.58 bits per heavy atom. The molecule has 2 amide bonds. The summed E-state index contributed by atoms with van der Waals surface area (Å²) in [6.45, 7) is 3.23. The Morgan fingerprint density at radius 1 is 1.08 bits per heavy atom. The molecule has 0 aromatic heterocycles. The third-order valence-electron chi connectivity index (χ3n) is 4.81. The van der Waals surface area contributed by atoms with E-state index < -0.39 is 0 Å². The van der Waals surface area contributed by atoms with Gasteiger partial charge in [-0.15, -0.1) is 0 Å². The van der Waals surface area contributed by atoms with E-state index in [4.69, 9.17) is 4.74 Å². The van der Waals surface area contributed by atoms with Crippen molar-refractivity contribution in [2.75, 3.05) is 26.7 Å². The van der Waals surface area contributed by atoms with Crippen molar-refractivity contribution >= 4 is 6.03 Å². The average molecular weight is 353 g/mol. The predicted molar refractivity (Wildman–Crippen MR) is 103 cm³/mol. The van der Waals surface area contributed by atoms with E-state index in [2.05, 4.69) is 27.7 Å². The van der Waals surface area contributed by atoms with Gasteiger partial charge in [0.25, 0.3) is 0 Å². The largest absolute Gasteiger partial charge is 0.497 e. The van der Waals surface area contributed by atoms with E-state index >= 15 is 0 Å². The zero-order chi connectivity index (χ0) is 18.2. The SMILES string of the molecule is COc1cccc(C(CNC(=O)NCc2ccccc2)N2CCCC2)c1. The molecule has 0 radical (unpaired) electrons. The molecule has 1 aliphatic heterocycles. The van der Waals surface area contributed by atoms with Crippen LogP contribution < -0.4 is 15.4 Å². The van der Waals surface area contributed by atoms with Gasteiger partial charge < -0.3 is 15.4 Å². The molecule has 5 nitrogen and oxygen atoms in total. The molecule has 0 spiro atoms. The highest BCUT2D eigenvalue weighted by Gasteiger charge is 2.24. The number of hydrogen-bond acceptors (Lipinski definition) is 3. The Labute approximate surface area is 155 Å². The van der Waals surface area contributed by atoms with Gasteiger partial charge in [0.05, 0.1) is 13.2 Å². The van der Waals surface area contributed by atoms with Gasteiger partial charge in [0, 0.05) is 13.1 Å². The standard InChI is InChI=1S/C21H27N3O2/c1-26-19-11-7-10-18(14-19)20(24-12-5-6-13-24)16-23-21(25)22-15-17-8-3-2-4-9-17/h2-4,7-11,14,20H,5-6,12-13,15-16H2,1H3,(H2,22,23,25). The molecule has 26 heavy (non-hydrogen) atoms. The normalized spacial score (nSPS) is 15.4. The second-order valence-electron chi connectivity index (χ2n) is 6.58. The fourth-order valence-corrected chi connectivity index (χ4v) is 3.39. The molecule has 2 N–H and O–H groups in total. The summed E-state index contributed by atoms with van der Waals surface area (Å²) in [6.07, 6.45) is 2.42. The molecule has 1 aliphatic rings. The predicted octanol–water partition coefficient (Wildman–Crippen LogP) is 3.33. The van der Waals surface area contributed by atoms with Crippen molar-refractivity contribution in [3.8, 4) is 5.75 Å². The number of likely N-dealkylation sites (tertiary alicyclic amines) is 1. The van der Waals surface area contributed by atoms with Crippen LogP contribution in [0.4, 0.5) is 4.79 Å². The number of ether oxygens (including phenoxy) is 1. The van der Waals surface area contributed by atoms with Crippen molar-refractivity contribution in [1.82, 2.24) is 15.5 Å². The van der Waals surface area contributed by atoms with Gasteiger partial charge in [-0.1, -0.05) is 42.5 Å². The van der Waals surface area contributed by atoms with Crippen molar-refractivity contribution in [3.05, 3.63) is 65.7 Å². The molecule has 1 heterocycles. The van der Waals surface area contributed by atoms with Crippen LogP contribution in [-0.4, -0.2) is 37.7 Å². The van der Waals surface area contributed by atoms with E-state index in [-0.39, 0.29) is 12.1 Å². The summed E-state index contributed by atoms with van der Waals surface area (Å²) in [7, 11) is 1.68. The van der Waals surface area contributed by atoms with Gasteiger partial charge in [0.1, 0.15) is 5.75 Å². The van der Waals surface area contributed by atoms with Crippen LogP contribution in [0.3, 0.4) is 0 Å². The van der Waals surface area contributed by atoms with Gasteiger partial charge in [-0.05, 0) is 49.2 Å². The van der Waals surface area contributed by atoms with Crippen LogP contribution in [-0.2, 0) is 6.54 Å². The zero-order valence-electron chi connectivity index (χ0n) is 15.3. The van der Waals surface area contributed by atoms with E-state index in [9.17, 15) is 4.79 Å². The molecule has 138 valence electrons. The Bertz CT molecular complexity index is 699. The van der Waals surface area contributed by atoms with Gasteiger partial charge >= 0.3 is 6.03 Å². The first-order chi connectivity index (χ1) is 12.8. The Balaban J connectivity index is 1.59. The van der Waals surface area contributed by atoms with Crippen molar-refractivity contribution in [3.63, 3.8) is 0 Å². The van der Waals surface area contributed by atoms with Gasteiger partial charge in [0.15, 0.2) is 0 Å². The highest BCUT2D eigenvalue weighted by Crippen LogP contribution is 2.27. The fourth-order valence-electron chi connectivity index (χ4n) is 3.39. The summed E-state index contributed by atoms with van der Waals surface area (Å²) in [5.74, 6) is 0.847. The lowest BCUT2D eigenvalue weighted by molar-refractivity contribution is 0.220. The molecular weight excluding hydrogens is 326 g/mol. The van der Waals surface area contributed by atoms with Crippen molar-refractivity contribution in [2.45, 2.75) is 25.4 Å². The van der Waals surface area contributed by atoms with E-state index in [0.717, 1.165) is 24.4 Å². The first kappa shape index (κ1) is 18.3. The van der Waals surface area contributed by atoms with Crippen LogP contribution in [0.25, 0.3) is 0 Å². The summed E-state index contributed by atoms with van der Waals surface area (Å²) in [5, 5.41) is 5.96. The second kappa shape index (κ2) is 9.25. The number of benzene rings is 2. The minimum atomic E-state index is -0.138. The first-order valence-electron chi connectivity index (χ1n) is 9.20. The molecule has 2 aromatic rings. The minimum Gasteiger partial charge on any atom is -0.497 e. The van der Waals surface area contributed by atoms with Crippen molar-refractivity contribution < 1.29 is 9.53 Å². The zero-order valence-corrected chi connectivity index (χ0v) is 15.3. The van der Waals surface area contributed by atoms with Crippen LogP contribution in [0, 0.1) is 0 Å².